The third kappa shape index (κ3) is 2.70. The molecule has 0 aliphatic heterocycles. The summed E-state index contributed by atoms with van der Waals surface area (Å²) in [5, 5.41) is 2.75. The maximum atomic E-state index is 10.5. The van der Waals surface area contributed by atoms with Crippen LogP contribution in [0, 0.1) is 0 Å². The molecular formula is C17H18N4O. The minimum Gasteiger partial charge on any atom is -0.358 e. The number of aromatic amines is 1. The van der Waals surface area contributed by atoms with E-state index in [0.29, 0.717) is 6.54 Å². The van der Waals surface area contributed by atoms with Crippen molar-refractivity contribution in [1.29, 1.82) is 0 Å². The highest BCUT2D eigenvalue weighted by atomic mass is 16.1. The summed E-state index contributed by atoms with van der Waals surface area (Å²) in [4.78, 5) is 22.8. The van der Waals surface area contributed by atoms with Gasteiger partial charge in [-0.3, -0.25) is 9.78 Å². The Morgan fingerprint density at radius 2 is 2.14 bits per heavy atom. The predicted octanol–water partition coefficient (Wildman–Crippen LogP) is 2.65. The summed E-state index contributed by atoms with van der Waals surface area (Å²) in [7, 11) is 0. The molecule has 0 atom stereocenters. The molecule has 0 saturated heterocycles. The van der Waals surface area contributed by atoms with Crippen molar-refractivity contribution in [2.24, 2.45) is 0 Å². The Hall–Kier alpha value is -2.69. The largest absolute Gasteiger partial charge is 0.358 e. The molecule has 112 valence electrons. The number of rotatable bonds is 5. The summed E-state index contributed by atoms with van der Waals surface area (Å²) in [6, 6.07) is 11.9. The van der Waals surface area contributed by atoms with E-state index in [0.717, 1.165) is 34.5 Å². The van der Waals surface area contributed by atoms with Crippen molar-refractivity contribution in [3.8, 4) is 11.5 Å². The molecule has 3 aromatic rings. The van der Waals surface area contributed by atoms with E-state index in [9.17, 15) is 4.79 Å². The summed E-state index contributed by atoms with van der Waals surface area (Å²) in [5.41, 5.74) is 3.68. The van der Waals surface area contributed by atoms with Gasteiger partial charge in [-0.15, -0.1) is 0 Å². The number of hydrogen-bond donors (Lipinski definition) is 2. The van der Waals surface area contributed by atoms with Crippen LogP contribution in [0.3, 0.4) is 0 Å². The second kappa shape index (κ2) is 5.60. The lowest BCUT2D eigenvalue weighted by molar-refractivity contribution is -0.109. The quantitative estimate of drug-likeness (QED) is 0.711. The lowest BCUT2D eigenvalue weighted by Crippen LogP contribution is -2.32. The van der Waals surface area contributed by atoms with E-state index in [1.54, 1.807) is 6.20 Å². The lowest BCUT2D eigenvalue weighted by Gasteiger charge is -2.24. The van der Waals surface area contributed by atoms with Crippen molar-refractivity contribution in [1.82, 2.24) is 20.3 Å². The number of nitrogens with one attached hydrogen (secondary N) is 2. The van der Waals surface area contributed by atoms with Crippen LogP contribution in [-0.2, 0) is 10.2 Å². The fourth-order valence-corrected chi connectivity index (χ4v) is 2.45. The maximum absolute atomic E-state index is 10.5. The molecule has 1 amide bonds. The van der Waals surface area contributed by atoms with Crippen LogP contribution in [0.1, 0.15) is 19.4 Å². The molecule has 0 spiro atoms. The highest BCUT2D eigenvalue weighted by Crippen LogP contribution is 2.26. The number of nitrogens with zero attached hydrogens (tertiary/aromatic N) is 2. The van der Waals surface area contributed by atoms with E-state index >= 15 is 0 Å². The first kappa shape index (κ1) is 14.3. The fraction of sp³-hybridized carbons (Fsp3) is 0.235. The highest BCUT2D eigenvalue weighted by molar-refractivity contribution is 5.79. The van der Waals surface area contributed by atoms with Crippen LogP contribution in [0.25, 0.3) is 22.6 Å². The molecule has 2 aromatic heterocycles. The third-order valence-electron chi connectivity index (χ3n) is 3.80. The number of amides is 1. The minimum absolute atomic E-state index is 0.154. The van der Waals surface area contributed by atoms with Crippen LogP contribution in [0.4, 0.5) is 0 Å². The molecule has 5 nitrogen and oxygen atoms in total. The molecule has 2 N–H and O–H groups in total. The van der Waals surface area contributed by atoms with E-state index in [-0.39, 0.29) is 5.41 Å². The van der Waals surface area contributed by atoms with Gasteiger partial charge in [0.1, 0.15) is 5.69 Å². The van der Waals surface area contributed by atoms with Crippen molar-refractivity contribution in [3.63, 3.8) is 0 Å². The van der Waals surface area contributed by atoms with E-state index in [2.05, 4.69) is 46.2 Å². The SMILES string of the molecule is CC(C)(CNC=O)c1ccc2[nH]c(-c3ccccn3)nc2c1. The van der Waals surface area contributed by atoms with Gasteiger partial charge in [-0.2, -0.15) is 0 Å². The van der Waals surface area contributed by atoms with Crippen LogP contribution >= 0.6 is 0 Å². The monoisotopic (exact) mass is 294 g/mol. The number of aromatic nitrogens is 3. The maximum Gasteiger partial charge on any atom is 0.207 e. The molecule has 0 bridgehead atoms. The lowest BCUT2D eigenvalue weighted by atomic mass is 9.84. The van der Waals surface area contributed by atoms with Gasteiger partial charge in [-0.25, -0.2) is 4.98 Å². The van der Waals surface area contributed by atoms with Gasteiger partial charge < -0.3 is 10.3 Å². The van der Waals surface area contributed by atoms with Crippen molar-refractivity contribution in [2.75, 3.05) is 6.54 Å². The minimum atomic E-state index is -0.154. The Balaban J connectivity index is 1.98. The van der Waals surface area contributed by atoms with Crippen LogP contribution in [0.2, 0.25) is 0 Å². The summed E-state index contributed by atoms with van der Waals surface area (Å²) in [6.45, 7) is 4.77. The second-order valence-electron chi connectivity index (χ2n) is 5.91. The molecule has 0 fully saturated rings. The van der Waals surface area contributed by atoms with Crippen molar-refractivity contribution in [3.05, 3.63) is 48.2 Å². The van der Waals surface area contributed by atoms with Gasteiger partial charge in [0.2, 0.25) is 6.41 Å². The van der Waals surface area contributed by atoms with Crippen LogP contribution in [0.5, 0.6) is 0 Å². The fourth-order valence-electron chi connectivity index (χ4n) is 2.45. The molecule has 1 aromatic carbocycles. The van der Waals surface area contributed by atoms with Crippen molar-refractivity contribution < 1.29 is 4.79 Å². The number of pyridine rings is 1. The third-order valence-corrected chi connectivity index (χ3v) is 3.80. The van der Waals surface area contributed by atoms with E-state index in [1.807, 2.05) is 24.3 Å². The normalized spacial score (nSPS) is 11.5. The number of carbonyl (C=O) groups excluding carboxylic acids is 1. The summed E-state index contributed by atoms with van der Waals surface area (Å²) in [6.07, 6.45) is 2.48. The second-order valence-corrected chi connectivity index (χ2v) is 5.91. The molecule has 0 aliphatic rings. The first-order chi connectivity index (χ1) is 10.6. The molecule has 5 heteroatoms. The highest BCUT2D eigenvalue weighted by Gasteiger charge is 2.21. The first-order valence-corrected chi connectivity index (χ1v) is 7.19. The predicted molar refractivity (Wildman–Crippen MR) is 86.4 cm³/mol. The Kier molecular flexibility index (Phi) is 3.63. The zero-order chi connectivity index (χ0) is 15.6. The van der Waals surface area contributed by atoms with Crippen LogP contribution in [0.15, 0.2) is 42.6 Å². The molecule has 0 saturated carbocycles. The first-order valence-electron chi connectivity index (χ1n) is 7.19. The Labute approximate surface area is 128 Å². The molecule has 2 heterocycles. The van der Waals surface area contributed by atoms with E-state index in [1.165, 1.54) is 0 Å². The van der Waals surface area contributed by atoms with Gasteiger partial charge in [0.05, 0.1) is 11.0 Å². The number of H-pyrrole nitrogens is 1. The standard InChI is InChI=1S/C17H18N4O/c1-17(2,10-18-11-22)12-6-7-13-15(9-12)21-16(20-13)14-5-3-4-8-19-14/h3-9,11H,10H2,1-2H3,(H,18,22)(H,20,21). The topological polar surface area (TPSA) is 70.7 Å². The smallest absolute Gasteiger partial charge is 0.207 e. The number of carbonyl (C=O) groups is 1. The van der Waals surface area contributed by atoms with Crippen molar-refractivity contribution in [2.45, 2.75) is 19.3 Å². The summed E-state index contributed by atoms with van der Waals surface area (Å²) < 4.78 is 0. The number of imidazole rings is 1. The molecule has 0 unspecified atom stereocenters. The Morgan fingerprint density at radius 1 is 1.27 bits per heavy atom. The zero-order valence-corrected chi connectivity index (χ0v) is 12.6. The Bertz CT molecular complexity index is 793. The number of hydrogen-bond acceptors (Lipinski definition) is 3. The zero-order valence-electron chi connectivity index (χ0n) is 12.6. The van der Waals surface area contributed by atoms with Gasteiger partial charge in [0.25, 0.3) is 0 Å². The van der Waals surface area contributed by atoms with Gasteiger partial charge >= 0.3 is 0 Å². The van der Waals surface area contributed by atoms with Crippen LogP contribution < -0.4 is 5.32 Å². The Morgan fingerprint density at radius 3 is 2.86 bits per heavy atom. The summed E-state index contributed by atoms with van der Waals surface area (Å²) >= 11 is 0. The average Bonchev–Trinajstić information content (AvgIpc) is 2.97. The molecule has 0 aliphatic carbocycles. The average molecular weight is 294 g/mol. The van der Waals surface area contributed by atoms with Gasteiger partial charge in [0.15, 0.2) is 5.82 Å². The summed E-state index contributed by atoms with van der Waals surface area (Å²) in [5.74, 6) is 0.761. The van der Waals surface area contributed by atoms with Crippen LogP contribution in [-0.4, -0.2) is 27.9 Å². The number of fused-ring (bicyclic) bond motifs is 1. The molecule has 22 heavy (non-hydrogen) atoms. The van der Waals surface area contributed by atoms with E-state index in [4.69, 9.17) is 0 Å². The van der Waals surface area contributed by atoms with E-state index < -0.39 is 0 Å². The molecule has 0 radical (unpaired) electrons. The molecular weight excluding hydrogens is 276 g/mol. The van der Waals surface area contributed by atoms with Gasteiger partial charge in [-0.1, -0.05) is 26.0 Å². The van der Waals surface area contributed by atoms with Gasteiger partial charge in [0, 0.05) is 18.2 Å². The van der Waals surface area contributed by atoms with Gasteiger partial charge in [-0.05, 0) is 29.8 Å². The number of benzene rings is 1. The molecule has 3 rings (SSSR count). The van der Waals surface area contributed by atoms with Crippen molar-refractivity contribution >= 4 is 17.4 Å².